The van der Waals surface area contributed by atoms with Crippen LogP contribution in [0.4, 0.5) is 34.6 Å². The van der Waals surface area contributed by atoms with Crippen LogP contribution in [-0.4, -0.2) is 12.8 Å². The van der Waals surface area contributed by atoms with Crippen LogP contribution in [0.2, 0.25) is 0 Å². The van der Waals surface area contributed by atoms with Crippen LogP contribution in [0.25, 0.3) is 0 Å². The van der Waals surface area contributed by atoms with Gasteiger partial charge >= 0.3 is 0 Å². The Bertz CT molecular complexity index is 724. The maximum atomic E-state index is 13.9. The lowest BCUT2D eigenvalue weighted by Crippen LogP contribution is -2.10. The summed E-state index contributed by atoms with van der Waals surface area (Å²) in [5.74, 6) is -4.62. The molecule has 0 saturated heterocycles. The van der Waals surface area contributed by atoms with Gasteiger partial charge < -0.3 is 15.4 Å². The maximum absolute atomic E-state index is 13.9. The number of anilines is 3. The molecule has 0 heterocycles. The number of hydrogen-bond donors (Lipinski definition) is 2. The van der Waals surface area contributed by atoms with E-state index in [0.717, 1.165) is 0 Å². The van der Waals surface area contributed by atoms with Crippen LogP contribution in [0.3, 0.4) is 0 Å². The minimum Gasteiger partial charge on any atom is -0.374 e. The quantitative estimate of drug-likeness (QED) is 0.327. The summed E-state index contributed by atoms with van der Waals surface area (Å²) in [4.78, 5) is 10.4. The normalized spacial score (nSPS) is 10.4. The molecule has 3 nitrogen and oxygen atoms in total. The molecule has 2 aromatic rings. The van der Waals surface area contributed by atoms with Crippen LogP contribution in [0, 0.1) is 26.8 Å². The number of hydrogen-bond acceptors (Lipinski definition) is 3. The van der Waals surface area contributed by atoms with Gasteiger partial charge in [-0.2, -0.15) is 0 Å². The largest absolute Gasteiger partial charge is 0.374 e. The first-order chi connectivity index (χ1) is 10.4. The highest BCUT2D eigenvalue weighted by Gasteiger charge is 2.20. The Morgan fingerprint density at radius 1 is 1.00 bits per heavy atom. The van der Waals surface area contributed by atoms with Crippen molar-refractivity contribution in [2.24, 2.45) is 0 Å². The van der Waals surface area contributed by atoms with E-state index in [0.29, 0.717) is 15.9 Å². The van der Waals surface area contributed by atoms with Gasteiger partial charge in [0.15, 0.2) is 17.5 Å². The van der Waals surface area contributed by atoms with Crippen LogP contribution in [0.1, 0.15) is 0 Å². The van der Waals surface area contributed by atoms with Crippen molar-refractivity contribution in [1.29, 1.82) is 0 Å². The Balaban J connectivity index is 2.50. The zero-order valence-corrected chi connectivity index (χ0v) is 13.0. The smallest absolute Gasteiger partial charge is 0.184 e. The van der Waals surface area contributed by atoms with Crippen molar-refractivity contribution in [2.45, 2.75) is 0 Å². The third-order valence-corrected chi connectivity index (χ3v) is 3.40. The number of carbonyl (C=O) groups excluding carboxylic acids is 1. The Morgan fingerprint density at radius 2 is 1.73 bits per heavy atom. The fourth-order valence-electron chi connectivity index (χ4n) is 1.75. The van der Waals surface area contributed by atoms with Gasteiger partial charge in [0.1, 0.15) is 17.8 Å². The van der Waals surface area contributed by atoms with Crippen LogP contribution in [-0.2, 0) is 4.79 Å². The molecule has 0 spiro atoms. The van der Waals surface area contributed by atoms with Gasteiger partial charge in [-0.3, -0.25) is 0 Å². The minimum atomic E-state index is -1.43. The summed E-state index contributed by atoms with van der Waals surface area (Å²) in [5.41, 5.74) is -1.22. The number of rotatable bonds is 5. The van der Waals surface area contributed by atoms with Crippen LogP contribution < -0.4 is 10.6 Å². The fraction of sp³-hybridized carbons (Fsp3) is 0.0714. The average molecular weight is 424 g/mol. The van der Waals surface area contributed by atoms with E-state index < -0.39 is 34.6 Å². The molecule has 0 atom stereocenters. The SMILES string of the molecule is O=CCNc1c(F)cc(F)c(F)c1Nc1ccc(I)cc1F. The van der Waals surface area contributed by atoms with Gasteiger partial charge in [0, 0.05) is 9.64 Å². The first-order valence-electron chi connectivity index (χ1n) is 6.01. The molecule has 2 rings (SSSR count). The van der Waals surface area contributed by atoms with Crippen LogP contribution >= 0.6 is 22.6 Å². The fourth-order valence-corrected chi connectivity index (χ4v) is 2.21. The summed E-state index contributed by atoms with van der Waals surface area (Å²) < 4.78 is 55.4. The lowest BCUT2D eigenvalue weighted by molar-refractivity contribution is -0.106. The van der Waals surface area contributed by atoms with Crippen molar-refractivity contribution in [2.75, 3.05) is 17.2 Å². The third kappa shape index (κ3) is 3.49. The molecule has 0 aliphatic carbocycles. The van der Waals surface area contributed by atoms with Crippen molar-refractivity contribution >= 4 is 45.9 Å². The molecule has 116 valence electrons. The molecule has 0 radical (unpaired) electrons. The van der Waals surface area contributed by atoms with E-state index in [9.17, 15) is 22.4 Å². The molecule has 0 amide bonds. The number of carbonyl (C=O) groups is 1. The first-order valence-corrected chi connectivity index (χ1v) is 7.09. The molecule has 0 aliphatic heterocycles. The predicted molar refractivity (Wildman–Crippen MR) is 83.3 cm³/mol. The standard InChI is InChI=1S/C14H9F4IN2O/c15-8-5-7(19)1-2-11(8)21-14-12(18)9(16)6-10(17)13(14)20-3-4-22/h1-2,4-6,20-21H,3H2. The molecular weight excluding hydrogens is 415 g/mol. The monoisotopic (exact) mass is 424 g/mol. The Morgan fingerprint density at radius 3 is 2.36 bits per heavy atom. The van der Waals surface area contributed by atoms with E-state index in [1.807, 2.05) is 22.6 Å². The van der Waals surface area contributed by atoms with E-state index >= 15 is 0 Å². The van der Waals surface area contributed by atoms with Crippen molar-refractivity contribution in [3.05, 3.63) is 51.1 Å². The molecule has 22 heavy (non-hydrogen) atoms. The van der Waals surface area contributed by atoms with Crippen LogP contribution in [0.5, 0.6) is 0 Å². The number of nitrogens with one attached hydrogen (secondary N) is 2. The summed E-state index contributed by atoms with van der Waals surface area (Å²) in [6, 6.07) is 4.37. The second-order valence-corrected chi connectivity index (χ2v) is 5.45. The highest BCUT2D eigenvalue weighted by atomic mass is 127. The van der Waals surface area contributed by atoms with E-state index in [1.54, 1.807) is 0 Å². The van der Waals surface area contributed by atoms with Gasteiger partial charge in [0.25, 0.3) is 0 Å². The van der Waals surface area contributed by atoms with E-state index in [4.69, 9.17) is 0 Å². The van der Waals surface area contributed by atoms with E-state index in [-0.39, 0.29) is 12.2 Å². The summed E-state index contributed by atoms with van der Waals surface area (Å²) in [5, 5.41) is 4.63. The highest BCUT2D eigenvalue weighted by Crippen LogP contribution is 2.33. The molecule has 0 bridgehead atoms. The molecule has 8 heteroatoms. The Hall–Kier alpha value is -1.84. The molecule has 2 aromatic carbocycles. The Kier molecular flexibility index (Phi) is 5.22. The summed E-state index contributed by atoms with van der Waals surface area (Å²) in [7, 11) is 0. The van der Waals surface area contributed by atoms with Crippen molar-refractivity contribution in [1.82, 2.24) is 0 Å². The molecule has 2 N–H and O–H groups in total. The maximum Gasteiger partial charge on any atom is 0.184 e. The molecule has 0 aromatic heterocycles. The molecule has 0 unspecified atom stereocenters. The van der Waals surface area contributed by atoms with Gasteiger partial charge in [-0.1, -0.05) is 0 Å². The highest BCUT2D eigenvalue weighted by molar-refractivity contribution is 14.1. The summed E-state index contributed by atoms with van der Waals surface area (Å²) >= 11 is 1.88. The summed E-state index contributed by atoms with van der Waals surface area (Å²) in [6.45, 7) is -0.314. The molecule has 0 saturated carbocycles. The van der Waals surface area contributed by atoms with E-state index in [2.05, 4.69) is 10.6 Å². The summed E-state index contributed by atoms with van der Waals surface area (Å²) in [6.07, 6.45) is 0.427. The topological polar surface area (TPSA) is 41.1 Å². The third-order valence-electron chi connectivity index (χ3n) is 2.72. The molecule has 0 fully saturated rings. The van der Waals surface area contributed by atoms with Crippen molar-refractivity contribution < 1.29 is 22.4 Å². The van der Waals surface area contributed by atoms with Gasteiger partial charge in [-0.05, 0) is 40.8 Å². The number of halogens is 5. The zero-order valence-electron chi connectivity index (χ0n) is 10.9. The molecular formula is C14H9F4IN2O. The minimum absolute atomic E-state index is 0.154. The van der Waals surface area contributed by atoms with Gasteiger partial charge in [-0.25, -0.2) is 17.6 Å². The predicted octanol–water partition coefficient (Wildman–Crippen LogP) is 4.20. The zero-order chi connectivity index (χ0) is 16.3. The van der Waals surface area contributed by atoms with Gasteiger partial charge in [0.2, 0.25) is 0 Å². The van der Waals surface area contributed by atoms with Crippen molar-refractivity contribution in [3.63, 3.8) is 0 Å². The van der Waals surface area contributed by atoms with E-state index in [1.165, 1.54) is 18.2 Å². The molecule has 0 aliphatic rings. The number of benzene rings is 2. The second-order valence-electron chi connectivity index (χ2n) is 4.20. The van der Waals surface area contributed by atoms with Crippen molar-refractivity contribution in [3.8, 4) is 0 Å². The van der Waals surface area contributed by atoms with Gasteiger partial charge in [-0.15, -0.1) is 0 Å². The van der Waals surface area contributed by atoms with Crippen LogP contribution in [0.15, 0.2) is 24.3 Å². The second kappa shape index (κ2) is 6.95. The van der Waals surface area contributed by atoms with Gasteiger partial charge in [0.05, 0.1) is 17.9 Å². The Labute approximate surface area is 136 Å². The lowest BCUT2D eigenvalue weighted by atomic mass is 10.2. The average Bonchev–Trinajstić information content (AvgIpc) is 2.46. The lowest BCUT2D eigenvalue weighted by Gasteiger charge is -2.15. The first kappa shape index (κ1) is 16.5. The number of aldehydes is 1.